The minimum Gasteiger partial charge on any atom is -0.315 e. The first-order chi connectivity index (χ1) is 6.72. The van der Waals surface area contributed by atoms with E-state index in [1.54, 1.807) is 11.0 Å². The first-order valence-corrected chi connectivity index (χ1v) is 4.85. The van der Waals surface area contributed by atoms with Gasteiger partial charge in [0.05, 0.1) is 18.4 Å². The van der Waals surface area contributed by atoms with Crippen molar-refractivity contribution in [2.24, 2.45) is 18.7 Å². The second kappa shape index (κ2) is 3.64. The standard InChI is InChI=1S/C8H16N6/c1-3-5-7(11-12-8(5)9)6-4-10-14(2)13-6/h4-5,7-8,11-12H,3,9H2,1-2H3. The SMILES string of the molecule is CCC1C(N)NNC1c1cnn(C)n1. The van der Waals surface area contributed by atoms with E-state index in [0.717, 1.165) is 12.1 Å². The van der Waals surface area contributed by atoms with Gasteiger partial charge in [-0.1, -0.05) is 6.92 Å². The van der Waals surface area contributed by atoms with E-state index in [-0.39, 0.29) is 12.2 Å². The summed E-state index contributed by atoms with van der Waals surface area (Å²) < 4.78 is 0. The zero-order valence-electron chi connectivity index (χ0n) is 8.44. The van der Waals surface area contributed by atoms with Gasteiger partial charge in [0.2, 0.25) is 0 Å². The third kappa shape index (κ3) is 1.52. The number of aromatic nitrogens is 3. The first kappa shape index (κ1) is 9.57. The number of rotatable bonds is 2. The summed E-state index contributed by atoms with van der Waals surface area (Å²) in [7, 11) is 1.81. The number of hydrazine groups is 1. The van der Waals surface area contributed by atoms with Crippen LogP contribution in [0.2, 0.25) is 0 Å². The summed E-state index contributed by atoms with van der Waals surface area (Å²) in [6.45, 7) is 2.13. The van der Waals surface area contributed by atoms with E-state index in [4.69, 9.17) is 5.73 Å². The fourth-order valence-electron chi connectivity index (χ4n) is 1.89. The van der Waals surface area contributed by atoms with Crippen molar-refractivity contribution in [1.29, 1.82) is 0 Å². The molecule has 0 aliphatic carbocycles. The lowest BCUT2D eigenvalue weighted by Gasteiger charge is -2.16. The highest BCUT2D eigenvalue weighted by Crippen LogP contribution is 2.27. The van der Waals surface area contributed by atoms with E-state index >= 15 is 0 Å². The van der Waals surface area contributed by atoms with Gasteiger partial charge in [-0.2, -0.15) is 15.0 Å². The van der Waals surface area contributed by atoms with Crippen LogP contribution in [0.4, 0.5) is 0 Å². The fourth-order valence-corrected chi connectivity index (χ4v) is 1.89. The number of nitrogens with two attached hydrogens (primary N) is 1. The van der Waals surface area contributed by atoms with Crippen LogP contribution < -0.4 is 16.6 Å². The van der Waals surface area contributed by atoms with E-state index in [0.29, 0.717) is 5.92 Å². The van der Waals surface area contributed by atoms with Gasteiger partial charge in [-0.25, -0.2) is 10.9 Å². The molecule has 0 bridgehead atoms. The number of aryl methyl sites for hydroxylation is 1. The van der Waals surface area contributed by atoms with Gasteiger partial charge in [-0.3, -0.25) is 0 Å². The maximum Gasteiger partial charge on any atom is 0.101 e. The van der Waals surface area contributed by atoms with Gasteiger partial charge in [0, 0.05) is 13.0 Å². The van der Waals surface area contributed by atoms with Crippen molar-refractivity contribution in [3.8, 4) is 0 Å². The lowest BCUT2D eigenvalue weighted by molar-refractivity contribution is 0.403. The Bertz CT molecular complexity index is 309. The van der Waals surface area contributed by atoms with Gasteiger partial charge in [-0.05, 0) is 6.42 Å². The van der Waals surface area contributed by atoms with Crippen LogP contribution in [0.1, 0.15) is 25.1 Å². The maximum atomic E-state index is 5.90. The van der Waals surface area contributed by atoms with Gasteiger partial charge < -0.3 is 5.73 Å². The highest BCUT2D eigenvalue weighted by molar-refractivity contribution is 5.06. The molecule has 1 saturated heterocycles. The molecule has 6 nitrogen and oxygen atoms in total. The van der Waals surface area contributed by atoms with E-state index < -0.39 is 0 Å². The number of hydrogen-bond donors (Lipinski definition) is 3. The van der Waals surface area contributed by atoms with Crippen LogP contribution in [0.3, 0.4) is 0 Å². The molecule has 0 aromatic carbocycles. The van der Waals surface area contributed by atoms with E-state index in [2.05, 4.69) is 28.0 Å². The third-order valence-corrected chi connectivity index (χ3v) is 2.70. The summed E-state index contributed by atoms with van der Waals surface area (Å²) >= 11 is 0. The van der Waals surface area contributed by atoms with Crippen LogP contribution in [-0.2, 0) is 7.05 Å². The molecule has 1 aromatic rings. The van der Waals surface area contributed by atoms with Crippen molar-refractivity contribution < 1.29 is 0 Å². The number of hydrogen-bond acceptors (Lipinski definition) is 5. The van der Waals surface area contributed by atoms with Gasteiger partial charge in [0.15, 0.2) is 0 Å². The lowest BCUT2D eigenvalue weighted by Crippen LogP contribution is -2.39. The molecule has 4 N–H and O–H groups in total. The second-order valence-electron chi connectivity index (χ2n) is 3.62. The summed E-state index contributed by atoms with van der Waals surface area (Å²) in [6.07, 6.45) is 2.79. The zero-order valence-corrected chi connectivity index (χ0v) is 8.44. The van der Waals surface area contributed by atoms with E-state index in [1.165, 1.54) is 0 Å². The summed E-state index contributed by atoms with van der Waals surface area (Å²) in [5.74, 6) is 0.367. The Hall–Kier alpha value is -0.980. The summed E-state index contributed by atoms with van der Waals surface area (Å²) in [5, 5.41) is 8.32. The Balaban J connectivity index is 2.18. The van der Waals surface area contributed by atoms with Gasteiger partial charge in [0.1, 0.15) is 5.69 Å². The average molecular weight is 196 g/mol. The van der Waals surface area contributed by atoms with Crippen molar-refractivity contribution in [1.82, 2.24) is 25.8 Å². The molecule has 1 aromatic heterocycles. The van der Waals surface area contributed by atoms with Crippen molar-refractivity contribution in [3.05, 3.63) is 11.9 Å². The lowest BCUT2D eigenvalue weighted by atomic mass is 9.95. The number of nitrogens with zero attached hydrogens (tertiary/aromatic N) is 3. The predicted molar refractivity (Wildman–Crippen MR) is 51.8 cm³/mol. The van der Waals surface area contributed by atoms with Crippen LogP contribution in [0, 0.1) is 5.92 Å². The van der Waals surface area contributed by atoms with Gasteiger partial charge in [0.25, 0.3) is 0 Å². The van der Waals surface area contributed by atoms with Gasteiger partial charge in [-0.15, -0.1) is 0 Å². The largest absolute Gasteiger partial charge is 0.315 e. The zero-order chi connectivity index (χ0) is 10.1. The molecule has 3 atom stereocenters. The Morgan fingerprint density at radius 3 is 2.93 bits per heavy atom. The molecule has 2 heterocycles. The molecular weight excluding hydrogens is 180 g/mol. The van der Waals surface area contributed by atoms with E-state index in [9.17, 15) is 0 Å². The van der Waals surface area contributed by atoms with Crippen molar-refractivity contribution >= 4 is 0 Å². The van der Waals surface area contributed by atoms with Crippen molar-refractivity contribution in [2.45, 2.75) is 25.6 Å². The number of nitrogens with one attached hydrogen (secondary N) is 2. The molecule has 3 unspecified atom stereocenters. The molecule has 0 saturated carbocycles. The smallest absolute Gasteiger partial charge is 0.101 e. The van der Waals surface area contributed by atoms with Crippen LogP contribution in [0.25, 0.3) is 0 Å². The van der Waals surface area contributed by atoms with Crippen molar-refractivity contribution in [2.75, 3.05) is 0 Å². The fraction of sp³-hybridized carbons (Fsp3) is 0.750. The summed E-state index contributed by atoms with van der Waals surface area (Å²) in [4.78, 5) is 1.56. The van der Waals surface area contributed by atoms with Crippen LogP contribution >= 0.6 is 0 Å². The molecule has 0 spiro atoms. The molecular formula is C8H16N6. The van der Waals surface area contributed by atoms with Crippen LogP contribution in [0.15, 0.2) is 6.20 Å². The Labute approximate surface area is 82.8 Å². The highest BCUT2D eigenvalue weighted by Gasteiger charge is 2.34. The molecule has 1 aliphatic heterocycles. The van der Waals surface area contributed by atoms with Crippen LogP contribution in [0.5, 0.6) is 0 Å². The second-order valence-corrected chi connectivity index (χ2v) is 3.62. The van der Waals surface area contributed by atoms with Gasteiger partial charge >= 0.3 is 0 Å². The Morgan fingerprint density at radius 1 is 1.57 bits per heavy atom. The minimum absolute atomic E-state index is 0.00740. The summed E-state index contributed by atoms with van der Waals surface area (Å²) in [6, 6.07) is 0.170. The normalized spacial score (nSPS) is 32.4. The van der Waals surface area contributed by atoms with Crippen LogP contribution in [-0.4, -0.2) is 21.2 Å². The predicted octanol–water partition coefficient (Wildman–Crippen LogP) is -0.725. The summed E-state index contributed by atoms with van der Waals surface area (Å²) in [5.41, 5.74) is 13.0. The molecule has 78 valence electrons. The molecule has 14 heavy (non-hydrogen) atoms. The Kier molecular flexibility index (Phi) is 2.49. The first-order valence-electron chi connectivity index (χ1n) is 4.85. The minimum atomic E-state index is -0.00740. The van der Waals surface area contributed by atoms with E-state index in [1.807, 2.05) is 7.05 Å². The van der Waals surface area contributed by atoms with Crippen molar-refractivity contribution in [3.63, 3.8) is 0 Å². The molecule has 1 aliphatic rings. The maximum absolute atomic E-state index is 5.90. The Morgan fingerprint density at radius 2 is 2.36 bits per heavy atom. The quantitative estimate of drug-likeness (QED) is 0.581. The average Bonchev–Trinajstić information content (AvgIpc) is 2.71. The molecule has 0 radical (unpaired) electrons. The molecule has 2 rings (SSSR count). The third-order valence-electron chi connectivity index (χ3n) is 2.70. The molecule has 1 fully saturated rings. The highest BCUT2D eigenvalue weighted by atomic mass is 15.5. The molecule has 6 heteroatoms. The topological polar surface area (TPSA) is 80.8 Å². The molecule has 0 amide bonds. The monoisotopic (exact) mass is 196 g/mol.